The first-order valence-corrected chi connectivity index (χ1v) is 11.4. The topological polar surface area (TPSA) is 79.6 Å². The molecule has 2 fully saturated rings. The van der Waals surface area contributed by atoms with Crippen LogP contribution in [0.25, 0.3) is 11.4 Å². The Balaban J connectivity index is 1.08. The molecule has 3 heterocycles. The molecule has 1 aromatic heterocycles. The van der Waals surface area contributed by atoms with Gasteiger partial charge in [0.25, 0.3) is 0 Å². The molecule has 0 atom stereocenters. The molecule has 31 heavy (non-hydrogen) atoms. The number of nitrogens with zero attached hydrogens (tertiary/aromatic N) is 7. The van der Waals surface area contributed by atoms with Gasteiger partial charge in [-0.2, -0.15) is 4.80 Å². The third-order valence-corrected chi connectivity index (χ3v) is 6.00. The van der Waals surface area contributed by atoms with Crippen LogP contribution in [0.4, 0.5) is 0 Å². The van der Waals surface area contributed by atoms with Gasteiger partial charge in [-0.3, -0.25) is 14.6 Å². The molecule has 0 unspecified atom stereocenters. The van der Waals surface area contributed by atoms with Crippen molar-refractivity contribution < 1.29 is 9.53 Å². The average Bonchev–Trinajstić information content (AvgIpc) is 3.29. The second-order valence-electron chi connectivity index (χ2n) is 8.25. The monoisotopic (exact) mass is 427 g/mol. The summed E-state index contributed by atoms with van der Waals surface area (Å²) in [6.07, 6.45) is 3.34. The van der Waals surface area contributed by atoms with Crippen LogP contribution in [0.15, 0.2) is 30.3 Å². The first-order valence-electron chi connectivity index (χ1n) is 11.4. The zero-order chi connectivity index (χ0) is 21.3. The molecule has 2 saturated heterocycles. The smallest absolute Gasteiger partial charge is 0.236 e. The summed E-state index contributed by atoms with van der Waals surface area (Å²) in [6.45, 7) is 9.25. The van der Waals surface area contributed by atoms with E-state index in [9.17, 15) is 4.79 Å². The van der Waals surface area contributed by atoms with Crippen molar-refractivity contribution in [2.45, 2.75) is 25.8 Å². The summed E-state index contributed by atoms with van der Waals surface area (Å²) in [7, 11) is 0. The molecule has 1 amide bonds. The number of hydrogen-bond acceptors (Lipinski definition) is 7. The number of morpholine rings is 1. The van der Waals surface area contributed by atoms with Crippen LogP contribution in [-0.2, 0) is 16.1 Å². The van der Waals surface area contributed by atoms with Gasteiger partial charge in [0.1, 0.15) is 0 Å². The van der Waals surface area contributed by atoms with Crippen LogP contribution in [0, 0.1) is 0 Å². The van der Waals surface area contributed by atoms with Crippen LogP contribution in [0.1, 0.15) is 19.3 Å². The molecule has 0 radical (unpaired) electrons. The molecule has 0 saturated carbocycles. The lowest BCUT2D eigenvalue weighted by atomic mass is 10.2. The van der Waals surface area contributed by atoms with E-state index in [1.807, 2.05) is 35.2 Å². The number of amides is 1. The van der Waals surface area contributed by atoms with Gasteiger partial charge in [-0.05, 0) is 24.6 Å². The number of carbonyl (C=O) groups excluding carboxylic acids is 1. The number of benzene rings is 1. The summed E-state index contributed by atoms with van der Waals surface area (Å²) in [5, 5.41) is 12.8. The highest BCUT2D eigenvalue weighted by atomic mass is 16.5. The van der Waals surface area contributed by atoms with Crippen molar-refractivity contribution in [1.82, 2.24) is 34.9 Å². The highest BCUT2D eigenvalue weighted by Crippen LogP contribution is 2.12. The molecule has 2 aliphatic heterocycles. The fourth-order valence-electron chi connectivity index (χ4n) is 4.08. The molecular weight excluding hydrogens is 394 g/mol. The SMILES string of the molecule is O=C(CN1CCOCC1)N1CCN(CCCCCn2nnc(-c3ccccc3)n2)CC1. The third-order valence-electron chi connectivity index (χ3n) is 6.00. The minimum Gasteiger partial charge on any atom is -0.379 e. The number of unbranched alkanes of at least 4 members (excludes halogenated alkanes) is 2. The number of aromatic nitrogens is 4. The Bertz CT molecular complexity index is 799. The van der Waals surface area contributed by atoms with Crippen molar-refractivity contribution in [1.29, 1.82) is 0 Å². The third kappa shape index (κ3) is 6.56. The Labute approximate surface area is 183 Å². The van der Waals surface area contributed by atoms with Gasteiger partial charge in [0.15, 0.2) is 0 Å². The lowest BCUT2D eigenvalue weighted by Crippen LogP contribution is -2.52. The molecule has 2 aromatic rings. The lowest BCUT2D eigenvalue weighted by Gasteiger charge is -2.36. The minimum absolute atomic E-state index is 0.261. The summed E-state index contributed by atoms with van der Waals surface area (Å²) in [5.74, 6) is 0.943. The number of tetrazole rings is 1. The van der Waals surface area contributed by atoms with Gasteiger partial charge in [-0.25, -0.2) is 0 Å². The minimum atomic E-state index is 0.261. The van der Waals surface area contributed by atoms with Crippen molar-refractivity contribution in [2.75, 3.05) is 65.6 Å². The number of carbonyl (C=O) groups is 1. The zero-order valence-corrected chi connectivity index (χ0v) is 18.2. The second kappa shape index (κ2) is 11.3. The van der Waals surface area contributed by atoms with E-state index in [1.165, 1.54) is 0 Å². The van der Waals surface area contributed by atoms with Gasteiger partial charge < -0.3 is 9.64 Å². The molecule has 2 aliphatic rings. The van der Waals surface area contributed by atoms with Gasteiger partial charge in [-0.1, -0.05) is 36.8 Å². The Morgan fingerprint density at radius 1 is 0.871 bits per heavy atom. The summed E-state index contributed by atoms with van der Waals surface area (Å²) in [4.78, 5) is 20.9. The molecule has 9 heteroatoms. The van der Waals surface area contributed by atoms with Gasteiger partial charge in [0.2, 0.25) is 11.7 Å². The van der Waals surface area contributed by atoms with Crippen molar-refractivity contribution >= 4 is 5.91 Å². The predicted octanol–water partition coefficient (Wildman–Crippen LogP) is 0.987. The van der Waals surface area contributed by atoms with Crippen molar-refractivity contribution in [3.05, 3.63) is 30.3 Å². The van der Waals surface area contributed by atoms with E-state index in [0.717, 1.165) is 90.4 Å². The first-order chi connectivity index (χ1) is 15.3. The number of ether oxygens (including phenoxy) is 1. The predicted molar refractivity (Wildman–Crippen MR) is 117 cm³/mol. The van der Waals surface area contributed by atoms with Gasteiger partial charge >= 0.3 is 0 Å². The normalized spacial score (nSPS) is 18.4. The summed E-state index contributed by atoms with van der Waals surface area (Å²) < 4.78 is 5.36. The Kier molecular flexibility index (Phi) is 7.98. The number of rotatable bonds is 9. The molecule has 0 N–H and O–H groups in total. The largest absolute Gasteiger partial charge is 0.379 e. The van der Waals surface area contributed by atoms with E-state index < -0.39 is 0 Å². The second-order valence-corrected chi connectivity index (χ2v) is 8.25. The van der Waals surface area contributed by atoms with Gasteiger partial charge in [0, 0.05) is 44.8 Å². The first kappa shape index (κ1) is 21.9. The highest BCUT2D eigenvalue weighted by Gasteiger charge is 2.23. The quantitative estimate of drug-likeness (QED) is 0.552. The fraction of sp³-hybridized carbons (Fsp3) is 0.636. The molecule has 0 spiro atoms. The van der Waals surface area contributed by atoms with Crippen LogP contribution in [0.5, 0.6) is 0 Å². The van der Waals surface area contributed by atoms with E-state index in [0.29, 0.717) is 12.4 Å². The van der Waals surface area contributed by atoms with Crippen molar-refractivity contribution in [2.24, 2.45) is 0 Å². The number of piperazine rings is 1. The van der Waals surface area contributed by atoms with E-state index >= 15 is 0 Å². The van der Waals surface area contributed by atoms with Crippen LogP contribution in [0.2, 0.25) is 0 Å². The molecule has 0 aliphatic carbocycles. The van der Waals surface area contributed by atoms with Crippen LogP contribution >= 0.6 is 0 Å². The number of aryl methyl sites for hydroxylation is 1. The van der Waals surface area contributed by atoms with Gasteiger partial charge in [0.05, 0.1) is 26.3 Å². The highest BCUT2D eigenvalue weighted by molar-refractivity contribution is 5.78. The van der Waals surface area contributed by atoms with E-state index in [-0.39, 0.29) is 5.91 Å². The van der Waals surface area contributed by atoms with E-state index in [4.69, 9.17) is 4.74 Å². The van der Waals surface area contributed by atoms with Crippen LogP contribution in [-0.4, -0.2) is 106 Å². The average molecular weight is 428 g/mol. The molecule has 0 bridgehead atoms. The standard InChI is InChI=1S/C22H33N7O2/c30-21(19-27-15-17-31-18-16-27)28-13-11-26(12-14-28)9-5-2-6-10-29-24-22(23-25-29)20-7-3-1-4-8-20/h1,3-4,7-8H,2,5-6,9-19H2. The van der Waals surface area contributed by atoms with Crippen molar-refractivity contribution in [3.63, 3.8) is 0 Å². The molecular formula is C22H33N7O2. The zero-order valence-electron chi connectivity index (χ0n) is 18.2. The summed E-state index contributed by atoms with van der Waals surface area (Å²) >= 11 is 0. The maximum atomic E-state index is 12.5. The Morgan fingerprint density at radius 2 is 1.61 bits per heavy atom. The maximum Gasteiger partial charge on any atom is 0.236 e. The lowest BCUT2D eigenvalue weighted by molar-refractivity contribution is -0.135. The summed E-state index contributed by atoms with van der Waals surface area (Å²) in [6, 6.07) is 9.94. The Morgan fingerprint density at radius 3 is 2.39 bits per heavy atom. The maximum absolute atomic E-state index is 12.5. The number of hydrogen-bond donors (Lipinski definition) is 0. The van der Waals surface area contributed by atoms with E-state index in [2.05, 4.69) is 25.2 Å². The molecule has 4 rings (SSSR count). The fourth-order valence-corrected chi connectivity index (χ4v) is 4.08. The molecule has 168 valence electrons. The molecule has 9 nitrogen and oxygen atoms in total. The van der Waals surface area contributed by atoms with Crippen LogP contribution in [0.3, 0.4) is 0 Å². The van der Waals surface area contributed by atoms with Crippen LogP contribution < -0.4 is 0 Å². The summed E-state index contributed by atoms with van der Waals surface area (Å²) in [5.41, 5.74) is 0.997. The van der Waals surface area contributed by atoms with Gasteiger partial charge in [-0.15, -0.1) is 10.2 Å². The molecule has 1 aromatic carbocycles. The van der Waals surface area contributed by atoms with E-state index in [1.54, 1.807) is 4.80 Å². The van der Waals surface area contributed by atoms with Crippen molar-refractivity contribution in [3.8, 4) is 11.4 Å². The Hall–Kier alpha value is -2.36.